The monoisotopic (exact) mass is 332 g/mol. The topological polar surface area (TPSA) is 127 Å². The smallest absolute Gasteiger partial charge is 0.343 e. The summed E-state index contributed by atoms with van der Waals surface area (Å²) in [4.78, 5) is 19.2. The van der Waals surface area contributed by atoms with Crippen molar-refractivity contribution in [2.45, 2.75) is 32.5 Å². The molecule has 0 radical (unpaired) electrons. The molecule has 0 saturated heterocycles. The van der Waals surface area contributed by atoms with Gasteiger partial charge in [-0.3, -0.25) is 9.89 Å². The molecule has 2 rings (SSSR count). The summed E-state index contributed by atoms with van der Waals surface area (Å²) in [5.41, 5.74) is 4.83. The Morgan fingerprint density at radius 1 is 1.35 bits per heavy atom. The van der Waals surface area contributed by atoms with Crippen LogP contribution in [0.1, 0.15) is 36.1 Å². The van der Waals surface area contributed by atoms with Crippen molar-refractivity contribution in [1.82, 2.24) is 35.3 Å². The van der Waals surface area contributed by atoms with Crippen LogP contribution in [0.2, 0.25) is 0 Å². The third-order valence-corrected chi connectivity index (χ3v) is 2.87. The molecule has 1 amide bonds. The highest BCUT2D eigenvalue weighted by Crippen LogP contribution is 2.26. The molecule has 0 spiro atoms. The molecule has 0 fully saturated rings. The molecule has 0 aliphatic carbocycles. The number of rotatable bonds is 4. The van der Waals surface area contributed by atoms with Crippen LogP contribution < -0.4 is 11.1 Å². The zero-order valence-electron chi connectivity index (χ0n) is 12.6. The normalized spacial score (nSPS) is 12.5. The van der Waals surface area contributed by atoms with Crippen LogP contribution in [0, 0.1) is 6.92 Å². The van der Waals surface area contributed by atoms with Crippen LogP contribution in [-0.4, -0.2) is 47.9 Å². The zero-order chi connectivity index (χ0) is 17.4. The summed E-state index contributed by atoms with van der Waals surface area (Å²) in [5, 5.41) is 11.6. The van der Waals surface area contributed by atoms with E-state index in [0.717, 1.165) is 4.68 Å². The lowest BCUT2D eigenvalue weighted by Gasteiger charge is -2.23. The van der Waals surface area contributed by atoms with E-state index in [0.29, 0.717) is 0 Å². The summed E-state index contributed by atoms with van der Waals surface area (Å²) in [7, 11) is 0. The predicted molar refractivity (Wildman–Crippen MR) is 71.6 cm³/mol. The molecular weight excluding hydrogens is 317 g/mol. The van der Waals surface area contributed by atoms with Crippen molar-refractivity contribution in [3.05, 3.63) is 17.5 Å². The van der Waals surface area contributed by atoms with E-state index in [9.17, 15) is 18.0 Å². The maximum absolute atomic E-state index is 12.5. The predicted octanol–water partition coefficient (Wildman–Crippen LogP) is 0.180. The number of nitrogens with two attached hydrogens (primary N) is 1. The fourth-order valence-corrected chi connectivity index (χ4v) is 1.56. The molecule has 0 aromatic carbocycles. The van der Waals surface area contributed by atoms with Gasteiger partial charge in [-0.1, -0.05) is 0 Å². The summed E-state index contributed by atoms with van der Waals surface area (Å²) < 4.78 is 38.5. The number of halogens is 3. The Hall–Kier alpha value is -2.50. The molecule has 126 valence electrons. The Kier molecular flexibility index (Phi) is 4.11. The van der Waals surface area contributed by atoms with Gasteiger partial charge in [-0.15, -0.1) is 10.2 Å². The first kappa shape index (κ1) is 16.9. The summed E-state index contributed by atoms with van der Waals surface area (Å²) >= 11 is 0. The fourth-order valence-electron chi connectivity index (χ4n) is 1.56. The molecule has 2 heterocycles. The second-order valence-electron chi connectivity index (χ2n) is 5.42. The van der Waals surface area contributed by atoms with Crippen LogP contribution in [0.15, 0.2) is 0 Å². The largest absolute Gasteiger partial charge is 0.451 e. The lowest BCUT2D eigenvalue weighted by Crippen LogP contribution is -2.49. The van der Waals surface area contributed by atoms with Crippen LogP contribution >= 0.6 is 0 Å². The van der Waals surface area contributed by atoms with Gasteiger partial charge in [-0.25, -0.2) is 4.98 Å². The van der Waals surface area contributed by atoms with Gasteiger partial charge in [-0.05, 0) is 20.8 Å². The number of nitrogens with one attached hydrogen (secondary N) is 2. The molecule has 0 atom stereocenters. The number of carbonyl (C=O) groups excluding carboxylic acids is 1. The minimum Gasteiger partial charge on any atom is -0.343 e. The Morgan fingerprint density at radius 3 is 2.52 bits per heavy atom. The maximum Gasteiger partial charge on any atom is 0.451 e. The number of aromatic nitrogens is 6. The van der Waals surface area contributed by atoms with Crippen molar-refractivity contribution >= 4 is 5.91 Å². The number of carbonyl (C=O) groups is 1. The SMILES string of the molecule is Cc1nc(C(=O)NC(C)(C)CN)nn1-c1n[nH]c(C(F)(F)F)n1. The third-order valence-electron chi connectivity index (χ3n) is 2.87. The van der Waals surface area contributed by atoms with Crippen LogP contribution in [0.3, 0.4) is 0 Å². The number of hydrogen-bond donors (Lipinski definition) is 3. The standard InChI is InChI=1S/C11H15F3N8O/c1-5-16-6(7(23)18-10(2,3)4-15)21-22(5)9-17-8(19-20-9)11(12,13)14/h4,15H2,1-3H3,(H,18,23)(H,17,19,20). The molecule has 23 heavy (non-hydrogen) atoms. The van der Waals surface area contributed by atoms with E-state index in [4.69, 9.17) is 5.73 Å². The number of hydrogen-bond acceptors (Lipinski definition) is 6. The van der Waals surface area contributed by atoms with Crippen molar-refractivity contribution in [2.24, 2.45) is 5.73 Å². The molecule has 9 nitrogen and oxygen atoms in total. The summed E-state index contributed by atoms with van der Waals surface area (Å²) in [6.45, 7) is 5.06. The van der Waals surface area contributed by atoms with Gasteiger partial charge in [0.05, 0.1) is 0 Å². The van der Waals surface area contributed by atoms with Crippen molar-refractivity contribution in [2.75, 3.05) is 6.54 Å². The highest BCUT2D eigenvalue weighted by Gasteiger charge is 2.36. The molecule has 0 bridgehead atoms. The highest BCUT2D eigenvalue weighted by molar-refractivity contribution is 5.90. The molecule has 0 saturated carbocycles. The maximum atomic E-state index is 12.5. The molecule has 2 aromatic rings. The summed E-state index contributed by atoms with van der Waals surface area (Å²) in [6.07, 6.45) is -4.66. The molecule has 0 aliphatic heterocycles. The third kappa shape index (κ3) is 3.64. The second-order valence-corrected chi connectivity index (χ2v) is 5.42. The Bertz CT molecular complexity index is 717. The van der Waals surface area contributed by atoms with Gasteiger partial charge < -0.3 is 11.1 Å². The van der Waals surface area contributed by atoms with Crippen LogP contribution in [-0.2, 0) is 6.18 Å². The first-order valence-electron chi connectivity index (χ1n) is 6.50. The number of amides is 1. The number of nitrogens with zero attached hydrogens (tertiary/aromatic N) is 5. The number of aromatic amines is 1. The minimum atomic E-state index is -4.66. The van der Waals surface area contributed by atoms with Crippen LogP contribution in [0.5, 0.6) is 0 Å². The van der Waals surface area contributed by atoms with Crippen molar-refractivity contribution < 1.29 is 18.0 Å². The Balaban J connectivity index is 2.28. The van der Waals surface area contributed by atoms with Crippen molar-refractivity contribution in [1.29, 1.82) is 0 Å². The lowest BCUT2D eigenvalue weighted by atomic mass is 10.1. The lowest BCUT2D eigenvalue weighted by molar-refractivity contribution is -0.144. The molecule has 4 N–H and O–H groups in total. The highest BCUT2D eigenvalue weighted by atomic mass is 19.4. The van der Waals surface area contributed by atoms with Gasteiger partial charge in [-0.2, -0.15) is 22.8 Å². The number of H-pyrrole nitrogens is 1. The minimum absolute atomic E-state index is 0.161. The van der Waals surface area contributed by atoms with E-state index in [1.54, 1.807) is 18.9 Å². The van der Waals surface area contributed by atoms with Crippen LogP contribution in [0.25, 0.3) is 5.95 Å². The quantitative estimate of drug-likeness (QED) is 0.733. The van der Waals surface area contributed by atoms with Gasteiger partial charge >= 0.3 is 6.18 Å². The van der Waals surface area contributed by atoms with Gasteiger partial charge in [0.2, 0.25) is 11.6 Å². The van der Waals surface area contributed by atoms with E-state index in [2.05, 4.69) is 25.5 Å². The van der Waals surface area contributed by atoms with Gasteiger partial charge in [0, 0.05) is 12.1 Å². The van der Waals surface area contributed by atoms with Crippen LogP contribution in [0.4, 0.5) is 13.2 Å². The average molecular weight is 332 g/mol. The summed E-state index contributed by atoms with van der Waals surface area (Å²) in [6, 6.07) is 0. The van der Waals surface area contributed by atoms with E-state index >= 15 is 0 Å². The van der Waals surface area contributed by atoms with E-state index in [1.807, 2.05) is 0 Å². The first-order chi connectivity index (χ1) is 10.5. The fraction of sp³-hybridized carbons (Fsp3) is 0.545. The first-order valence-corrected chi connectivity index (χ1v) is 6.50. The van der Waals surface area contributed by atoms with Gasteiger partial charge in [0.15, 0.2) is 0 Å². The number of alkyl halides is 3. The van der Waals surface area contributed by atoms with E-state index in [1.165, 1.54) is 6.92 Å². The van der Waals surface area contributed by atoms with Crippen molar-refractivity contribution in [3.63, 3.8) is 0 Å². The molecule has 0 aliphatic rings. The van der Waals surface area contributed by atoms with E-state index in [-0.39, 0.29) is 24.1 Å². The van der Waals surface area contributed by atoms with E-state index < -0.39 is 23.4 Å². The Labute approximate surface area is 128 Å². The molecule has 0 unspecified atom stereocenters. The summed E-state index contributed by atoms with van der Waals surface area (Å²) in [5.74, 6) is -2.29. The molecule has 12 heteroatoms. The van der Waals surface area contributed by atoms with Gasteiger partial charge in [0.25, 0.3) is 11.9 Å². The second kappa shape index (κ2) is 5.61. The number of aryl methyl sites for hydroxylation is 1. The van der Waals surface area contributed by atoms with Gasteiger partial charge in [0.1, 0.15) is 5.82 Å². The Morgan fingerprint density at radius 2 is 2.00 bits per heavy atom. The average Bonchev–Trinajstić information content (AvgIpc) is 3.03. The molecule has 2 aromatic heterocycles. The molecular formula is C11H15F3N8O. The zero-order valence-corrected chi connectivity index (χ0v) is 12.6. The van der Waals surface area contributed by atoms with Crippen molar-refractivity contribution in [3.8, 4) is 5.95 Å².